The maximum atomic E-state index is 5.66. The summed E-state index contributed by atoms with van der Waals surface area (Å²) in [6.07, 6.45) is 5.64. The van der Waals surface area contributed by atoms with Gasteiger partial charge in [0, 0.05) is 20.6 Å². The van der Waals surface area contributed by atoms with E-state index in [4.69, 9.17) is 9.41 Å². The Bertz CT molecular complexity index is 427. The highest BCUT2D eigenvalue weighted by Crippen LogP contribution is 2.25. The summed E-state index contributed by atoms with van der Waals surface area (Å²) in [6, 6.07) is 4.28. The van der Waals surface area contributed by atoms with Crippen molar-refractivity contribution in [2.75, 3.05) is 40.3 Å². The second-order valence-electron chi connectivity index (χ2n) is 5.72. The zero-order valence-corrected chi connectivity index (χ0v) is 16.2. The summed E-state index contributed by atoms with van der Waals surface area (Å²) < 4.78 is 5.66. The highest BCUT2D eigenvalue weighted by Gasteiger charge is 2.24. The molecule has 0 aliphatic carbocycles. The van der Waals surface area contributed by atoms with E-state index < -0.39 is 0 Å². The van der Waals surface area contributed by atoms with Gasteiger partial charge in [-0.2, -0.15) is 0 Å². The molecule has 1 aliphatic heterocycles. The Morgan fingerprint density at radius 2 is 2.09 bits per heavy atom. The predicted molar refractivity (Wildman–Crippen MR) is 102 cm³/mol. The molecular formula is C16H29IN4O. The van der Waals surface area contributed by atoms with Crippen molar-refractivity contribution in [1.29, 1.82) is 0 Å². The lowest BCUT2D eigenvalue weighted by molar-refractivity contribution is 0.150. The van der Waals surface area contributed by atoms with E-state index in [0.29, 0.717) is 0 Å². The molecule has 0 amide bonds. The van der Waals surface area contributed by atoms with E-state index in [1.165, 1.54) is 19.3 Å². The molecule has 2 rings (SSSR count). The molecular weight excluding hydrogens is 391 g/mol. The van der Waals surface area contributed by atoms with Crippen molar-refractivity contribution in [2.24, 2.45) is 4.99 Å². The molecule has 0 radical (unpaired) electrons. The van der Waals surface area contributed by atoms with Crippen LogP contribution in [0.3, 0.4) is 0 Å². The minimum absolute atomic E-state index is 0. The second kappa shape index (κ2) is 10.1. The van der Waals surface area contributed by atoms with Crippen molar-refractivity contribution in [3.8, 4) is 0 Å². The minimum Gasteiger partial charge on any atom is -0.468 e. The minimum atomic E-state index is 0. The Morgan fingerprint density at radius 1 is 1.36 bits per heavy atom. The van der Waals surface area contributed by atoms with Crippen molar-refractivity contribution >= 4 is 29.9 Å². The van der Waals surface area contributed by atoms with Crippen LogP contribution >= 0.6 is 24.0 Å². The number of rotatable bonds is 5. The van der Waals surface area contributed by atoms with E-state index in [1.807, 2.05) is 25.1 Å². The number of guanidine groups is 1. The smallest absolute Gasteiger partial charge is 0.193 e. The second-order valence-corrected chi connectivity index (χ2v) is 5.72. The predicted octanol–water partition coefficient (Wildman–Crippen LogP) is 2.95. The van der Waals surface area contributed by atoms with Gasteiger partial charge < -0.3 is 14.6 Å². The van der Waals surface area contributed by atoms with Crippen LogP contribution in [0.15, 0.2) is 27.8 Å². The van der Waals surface area contributed by atoms with Crippen LogP contribution in [0.1, 0.15) is 38.0 Å². The number of furan rings is 1. The van der Waals surface area contributed by atoms with Gasteiger partial charge in [0.1, 0.15) is 5.76 Å². The standard InChI is InChI=1S/C16H28N4O.HI/c1-4-17-16(19(2)3)18-13-14(15-9-8-12-21-15)20-10-6-5-7-11-20;/h8-9,12,14H,4-7,10-11,13H2,1-3H3,(H,17,18);1H. The van der Waals surface area contributed by atoms with E-state index in [9.17, 15) is 0 Å². The van der Waals surface area contributed by atoms with Gasteiger partial charge in [0.15, 0.2) is 5.96 Å². The fourth-order valence-electron chi connectivity index (χ4n) is 2.78. The van der Waals surface area contributed by atoms with Gasteiger partial charge in [0.2, 0.25) is 0 Å². The molecule has 1 aromatic heterocycles. The SMILES string of the molecule is CCNC(=NCC(c1ccco1)N1CCCCC1)N(C)C.I. The van der Waals surface area contributed by atoms with Crippen LogP contribution in [0, 0.1) is 0 Å². The van der Waals surface area contributed by atoms with Gasteiger partial charge in [0.25, 0.3) is 0 Å². The lowest BCUT2D eigenvalue weighted by Crippen LogP contribution is -2.38. The number of nitrogens with zero attached hydrogens (tertiary/aromatic N) is 3. The van der Waals surface area contributed by atoms with Crippen LogP contribution < -0.4 is 5.32 Å². The number of nitrogens with one attached hydrogen (secondary N) is 1. The molecule has 0 bridgehead atoms. The molecule has 2 heterocycles. The molecule has 1 aromatic rings. The molecule has 1 saturated heterocycles. The molecule has 6 heteroatoms. The van der Waals surface area contributed by atoms with Crippen LogP contribution in [-0.2, 0) is 0 Å². The van der Waals surface area contributed by atoms with Crippen LogP contribution in [-0.4, -0.2) is 56.0 Å². The number of hydrogen-bond donors (Lipinski definition) is 1. The Balaban J connectivity index is 0.00000242. The summed E-state index contributed by atoms with van der Waals surface area (Å²) >= 11 is 0. The van der Waals surface area contributed by atoms with Gasteiger partial charge in [-0.15, -0.1) is 24.0 Å². The topological polar surface area (TPSA) is 44.0 Å². The lowest BCUT2D eigenvalue weighted by atomic mass is 10.1. The quantitative estimate of drug-likeness (QED) is 0.452. The monoisotopic (exact) mass is 420 g/mol. The Hall–Kier alpha value is -0.760. The van der Waals surface area contributed by atoms with Gasteiger partial charge in [-0.1, -0.05) is 6.42 Å². The number of halogens is 1. The van der Waals surface area contributed by atoms with Crippen molar-refractivity contribution in [3.63, 3.8) is 0 Å². The van der Waals surface area contributed by atoms with E-state index in [1.54, 1.807) is 6.26 Å². The van der Waals surface area contributed by atoms with Gasteiger partial charge in [-0.25, -0.2) is 0 Å². The third kappa shape index (κ3) is 5.46. The first-order valence-corrected chi connectivity index (χ1v) is 7.95. The summed E-state index contributed by atoms with van der Waals surface area (Å²) in [5, 5.41) is 3.31. The lowest BCUT2D eigenvalue weighted by Gasteiger charge is -2.32. The van der Waals surface area contributed by atoms with Gasteiger partial charge >= 0.3 is 0 Å². The summed E-state index contributed by atoms with van der Waals surface area (Å²) in [6.45, 7) is 5.98. The summed E-state index contributed by atoms with van der Waals surface area (Å²) in [5.41, 5.74) is 0. The average molecular weight is 420 g/mol. The Kier molecular flexibility index (Phi) is 8.85. The summed E-state index contributed by atoms with van der Waals surface area (Å²) in [7, 11) is 4.04. The number of hydrogen-bond acceptors (Lipinski definition) is 3. The third-order valence-electron chi connectivity index (χ3n) is 3.88. The Labute approximate surface area is 151 Å². The molecule has 126 valence electrons. The van der Waals surface area contributed by atoms with Crippen LogP contribution in [0.25, 0.3) is 0 Å². The summed E-state index contributed by atoms with van der Waals surface area (Å²) in [4.78, 5) is 9.31. The maximum Gasteiger partial charge on any atom is 0.193 e. The molecule has 5 nitrogen and oxygen atoms in total. The van der Waals surface area contributed by atoms with Crippen molar-refractivity contribution in [1.82, 2.24) is 15.1 Å². The largest absolute Gasteiger partial charge is 0.468 e. The zero-order chi connectivity index (χ0) is 15.1. The molecule has 1 N–H and O–H groups in total. The molecule has 1 aliphatic rings. The molecule has 1 unspecified atom stereocenters. The molecule has 22 heavy (non-hydrogen) atoms. The average Bonchev–Trinajstić information content (AvgIpc) is 3.01. The Morgan fingerprint density at radius 3 is 2.64 bits per heavy atom. The molecule has 1 fully saturated rings. The molecule has 0 saturated carbocycles. The first-order chi connectivity index (χ1) is 10.2. The fourth-order valence-corrected chi connectivity index (χ4v) is 2.78. The van der Waals surface area contributed by atoms with Crippen molar-refractivity contribution in [2.45, 2.75) is 32.2 Å². The first kappa shape index (κ1) is 19.3. The van der Waals surface area contributed by atoms with E-state index in [-0.39, 0.29) is 30.0 Å². The number of likely N-dealkylation sites (tertiary alicyclic amines) is 1. The number of aliphatic imine (C=N–C) groups is 1. The first-order valence-electron chi connectivity index (χ1n) is 7.95. The van der Waals surface area contributed by atoms with Crippen molar-refractivity contribution < 1.29 is 4.42 Å². The highest BCUT2D eigenvalue weighted by atomic mass is 127. The van der Waals surface area contributed by atoms with E-state index in [0.717, 1.165) is 37.9 Å². The van der Waals surface area contributed by atoms with Gasteiger partial charge in [-0.3, -0.25) is 9.89 Å². The summed E-state index contributed by atoms with van der Waals surface area (Å²) in [5.74, 6) is 1.96. The fraction of sp³-hybridized carbons (Fsp3) is 0.688. The van der Waals surface area contributed by atoms with Crippen LogP contribution in [0.2, 0.25) is 0 Å². The zero-order valence-electron chi connectivity index (χ0n) is 13.9. The van der Waals surface area contributed by atoms with E-state index in [2.05, 4.69) is 23.2 Å². The van der Waals surface area contributed by atoms with Crippen LogP contribution in [0.5, 0.6) is 0 Å². The highest BCUT2D eigenvalue weighted by molar-refractivity contribution is 14.0. The molecule has 1 atom stereocenters. The molecule has 0 spiro atoms. The van der Waals surface area contributed by atoms with Crippen LogP contribution in [0.4, 0.5) is 0 Å². The van der Waals surface area contributed by atoms with Gasteiger partial charge in [0.05, 0.1) is 18.8 Å². The normalized spacial score (nSPS) is 17.7. The third-order valence-corrected chi connectivity index (χ3v) is 3.88. The van der Waals surface area contributed by atoms with Gasteiger partial charge in [-0.05, 0) is 45.0 Å². The molecule has 0 aromatic carbocycles. The maximum absolute atomic E-state index is 5.66. The van der Waals surface area contributed by atoms with E-state index >= 15 is 0 Å². The van der Waals surface area contributed by atoms with Crippen molar-refractivity contribution in [3.05, 3.63) is 24.2 Å². The number of piperidine rings is 1.